The van der Waals surface area contributed by atoms with Crippen molar-refractivity contribution in [3.05, 3.63) is 0 Å². The van der Waals surface area contributed by atoms with Crippen molar-refractivity contribution in [1.29, 1.82) is 0 Å². The molecule has 86 valence electrons. The lowest BCUT2D eigenvalue weighted by Crippen LogP contribution is -2.37. The second kappa shape index (κ2) is 7.24. The second-order valence-electron chi connectivity index (χ2n) is 4.53. The fourth-order valence-electron chi connectivity index (χ4n) is 1.79. The molecule has 0 spiro atoms. The average molecular weight is 201 g/mol. The first-order chi connectivity index (χ1) is 6.51. The Hall–Kier alpha value is -0.0800. The Labute approximate surface area is 89.3 Å². The maximum Gasteiger partial charge on any atom is 0.0526 e. The molecule has 0 saturated carbocycles. The minimum absolute atomic E-state index is 0.184. The molecule has 0 aromatic carbocycles. The molecule has 0 bridgehead atoms. The quantitative estimate of drug-likeness (QED) is 0.684. The van der Waals surface area contributed by atoms with Gasteiger partial charge in [0.05, 0.1) is 6.10 Å². The van der Waals surface area contributed by atoms with E-state index in [-0.39, 0.29) is 6.10 Å². The predicted octanol–water partition coefficient (Wildman–Crippen LogP) is 2.51. The van der Waals surface area contributed by atoms with Gasteiger partial charge in [0.1, 0.15) is 0 Å². The normalized spacial score (nSPS) is 18.2. The highest BCUT2D eigenvalue weighted by Gasteiger charge is 2.15. The summed E-state index contributed by atoms with van der Waals surface area (Å²) in [7, 11) is 0. The standard InChI is InChI=1S/C12H27NO/c1-6-10(3)9-13(7-2)11(4)8-12(5)14/h10-12,14H,6-9H2,1-5H3. The zero-order valence-electron chi connectivity index (χ0n) is 10.5. The van der Waals surface area contributed by atoms with Gasteiger partial charge in [-0.25, -0.2) is 0 Å². The van der Waals surface area contributed by atoms with Gasteiger partial charge >= 0.3 is 0 Å². The van der Waals surface area contributed by atoms with Crippen molar-refractivity contribution in [1.82, 2.24) is 4.90 Å². The minimum Gasteiger partial charge on any atom is -0.393 e. The number of rotatable bonds is 7. The molecule has 0 aliphatic rings. The van der Waals surface area contributed by atoms with E-state index in [1.165, 1.54) is 6.42 Å². The molecule has 0 fully saturated rings. The SMILES string of the molecule is CCC(C)CN(CC)C(C)CC(C)O. The van der Waals surface area contributed by atoms with E-state index in [1.807, 2.05) is 6.92 Å². The summed E-state index contributed by atoms with van der Waals surface area (Å²) in [6.45, 7) is 13.0. The van der Waals surface area contributed by atoms with Crippen LogP contribution in [0.4, 0.5) is 0 Å². The molecule has 0 aromatic rings. The van der Waals surface area contributed by atoms with E-state index in [9.17, 15) is 5.11 Å². The van der Waals surface area contributed by atoms with E-state index in [1.54, 1.807) is 0 Å². The molecule has 2 heteroatoms. The van der Waals surface area contributed by atoms with Crippen LogP contribution in [0.25, 0.3) is 0 Å². The molecule has 0 aliphatic heterocycles. The second-order valence-corrected chi connectivity index (χ2v) is 4.53. The molecule has 0 rings (SSSR count). The van der Waals surface area contributed by atoms with Gasteiger partial charge < -0.3 is 10.0 Å². The largest absolute Gasteiger partial charge is 0.393 e. The lowest BCUT2D eigenvalue weighted by atomic mass is 10.1. The summed E-state index contributed by atoms with van der Waals surface area (Å²) >= 11 is 0. The van der Waals surface area contributed by atoms with Gasteiger partial charge in [0, 0.05) is 12.6 Å². The first-order valence-corrected chi connectivity index (χ1v) is 5.93. The number of aliphatic hydroxyl groups excluding tert-OH is 1. The van der Waals surface area contributed by atoms with Crippen molar-refractivity contribution < 1.29 is 5.11 Å². The van der Waals surface area contributed by atoms with E-state index < -0.39 is 0 Å². The molecular weight excluding hydrogens is 174 g/mol. The monoisotopic (exact) mass is 201 g/mol. The molecular formula is C12H27NO. The number of aliphatic hydroxyl groups is 1. The first kappa shape index (κ1) is 13.9. The van der Waals surface area contributed by atoms with Crippen LogP contribution in [0.15, 0.2) is 0 Å². The molecule has 0 aliphatic carbocycles. The van der Waals surface area contributed by atoms with Gasteiger partial charge in [0.15, 0.2) is 0 Å². The molecule has 0 radical (unpaired) electrons. The van der Waals surface area contributed by atoms with Gasteiger partial charge in [-0.15, -0.1) is 0 Å². The summed E-state index contributed by atoms with van der Waals surface area (Å²) in [6.07, 6.45) is 1.93. The predicted molar refractivity (Wildman–Crippen MR) is 62.5 cm³/mol. The van der Waals surface area contributed by atoms with Gasteiger partial charge in [-0.05, 0) is 32.7 Å². The van der Waals surface area contributed by atoms with Crippen LogP contribution in [0.1, 0.15) is 47.5 Å². The van der Waals surface area contributed by atoms with Crippen molar-refractivity contribution in [3.63, 3.8) is 0 Å². The summed E-state index contributed by atoms with van der Waals surface area (Å²) in [5.74, 6) is 0.756. The van der Waals surface area contributed by atoms with Crippen LogP contribution in [-0.2, 0) is 0 Å². The summed E-state index contributed by atoms with van der Waals surface area (Å²) < 4.78 is 0. The van der Waals surface area contributed by atoms with Crippen LogP contribution in [0.5, 0.6) is 0 Å². The van der Waals surface area contributed by atoms with E-state index in [0.29, 0.717) is 6.04 Å². The topological polar surface area (TPSA) is 23.5 Å². The molecule has 0 aromatic heterocycles. The Morgan fingerprint density at radius 3 is 2.07 bits per heavy atom. The zero-order chi connectivity index (χ0) is 11.1. The molecule has 3 atom stereocenters. The molecule has 3 unspecified atom stereocenters. The van der Waals surface area contributed by atoms with Gasteiger partial charge in [-0.2, -0.15) is 0 Å². The lowest BCUT2D eigenvalue weighted by Gasteiger charge is -2.30. The third kappa shape index (κ3) is 5.61. The Morgan fingerprint density at radius 1 is 1.14 bits per heavy atom. The molecule has 0 amide bonds. The summed E-state index contributed by atoms with van der Waals surface area (Å²) in [6, 6.07) is 0.494. The van der Waals surface area contributed by atoms with Crippen molar-refractivity contribution in [2.45, 2.75) is 59.6 Å². The van der Waals surface area contributed by atoms with Gasteiger partial charge in [-0.1, -0.05) is 27.2 Å². The van der Waals surface area contributed by atoms with Crippen molar-refractivity contribution in [2.75, 3.05) is 13.1 Å². The fourth-order valence-corrected chi connectivity index (χ4v) is 1.79. The molecule has 1 N–H and O–H groups in total. The lowest BCUT2D eigenvalue weighted by molar-refractivity contribution is 0.113. The van der Waals surface area contributed by atoms with Crippen molar-refractivity contribution in [2.24, 2.45) is 5.92 Å². The van der Waals surface area contributed by atoms with E-state index in [0.717, 1.165) is 25.4 Å². The van der Waals surface area contributed by atoms with Crippen LogP contribution in [-0.4, -0.2) is 35.2 Å². The summed E-state index contributed by atoms with van der Waals surface area (Å²) in [5, 5.41) is 9.33. The van der Waals surface area contributed by atoms with E-state index in [2.05, 4.69) is 32.6 Å². The third-order valence-corrected chi connectivity index (χ3v) is 2.95. The Balaban J connectivity index is 3.98. The number of hydrogen-bond donors (Lipinski definition) is 1. The van der Waals surface area contributed by atoms with Crippen molar-refractivity contribution in [3.8, 4) is 0 Å². The van der Waals surface area contributed by atoms with Crippen LogP contribution >= 0.6 is 0 Å². The Morgan fingerprint density at radius 2 is 1.71 bits per heavy atom. The molecule has 0 heterocycles. The third-order valence-electron chi connectivity index (χ3n) is 2.95. The number of hydrogen-bond acceptors (Lipinski definition) is 2. The molecule has 2 nitrogen and oxygen atoms in total. The Bertz CT molecular complexity index is 136. The van der Waals surface area contributed by atoms with E-state index in [4.69, 9.17) is 0 Å². The maximum atomic E-state index is 9.33. The highest BCUT2D eigenvalue weighted by molar-refractivity contribution is 4.70. The van der Waals surface area contributed by atoms with Crippen LogP contribution in [0, 0.1) is 5.92 Å². The average Bonchev–Trinajstić information content (AvgIpc) is 2.12. The smallest absolute Gasteiger partial charge is 0.0526 e. The van der Waals surface area contributed by atoms with E-state index >= 15 is 0 Å². The fraction of sp³-hybridized carbons (Fsp3) is 1.00. The van der Waals surface area contributed by atoms with Gasteiger partial charge in [0.25, 0.3) is 0 Å². The summed E-state index contributed by atoms with van der Waals surface area (Å²) in [4.78, 5) is 2.46. The highest BCUT2D eigenvalue weighted by atomic mass is 16.3. The first-order valence-electron chi connectivity index (χ1n) is 5.93. The minimum atomic E-state index is -0.184. The van der Waals surface area contributed by atoms with Gasteiger partial charge in [-0.3, -0.25) is 0 Å². The number of nitrogens with zero attached hydrogens (tertiary/aromatic N) is 1. The maximum absolute atomic E-state index is 9.33. The highest BCUT2D eigenvalue weighted by Crippen LogP contribution is 2.11. The van der Waals surface area contributed by atoms with Gasteiger partial charge in [0.2, 0.25) is 0 Å². The van der Waals surface area contributed by atoms with Crippen molar-refractivity contribution >= 4 is 0 Å². The molecule has 0 saturated heterocycles. The van der Waals surface area contributed by atoms with Crippen LogP contribution in [0.2, 0.25) is 0 Å². The summed E-state index contributed by atoms with van der Waals surface area (Å²) in [5.41, 5.74) is 0. The zero-order valence-corrected chi connectivity index (χ0v) is 10.5. The van der Waals surface area contributed by atoms with Crippen LogP contribution < -0.4 is 0 Å². The Kier molecular flexibility index (Phi) is 7.20. The molecule has 14 heavy (non-hydrogen) atoms. The van der Waals surface area contributed by atoms with Crippen LogP contribution in [0.3, 0.4) is 0 Å².